The summed E-state index contributed by atoms with van der Waals surface area (Å²) in [5.41, 5.74) is 5.07. The number of benzene rings is 1. The van der Waals surface area contributed by atoms with Crippen LogP contribution in [0.15, 0.2) is 36.8 Å². The highest BCUT2D eigenvalue weighted by atomic mass is 15.4. The summed E-state index contributed by atoms with van der Waals surface area (Å²) in [5, 5.41) is 8.48. The standard InChI is InChI=1S/C17H19N5/c1-12(14-7-6-13-4-2-3-5-15(13)10-14)22-11-16(20-21-22)17-18-8-9-19-17/h6-12H,2-5H2,1H3,(H,18,19)/t12-/m1/s1. The summed E-state index contributed by atoms with van der Waals surface area (Å²) in [6.45, 7) is 2.16. The third kappa shape index (κ3) is 2.32. The second kappa shape index (κ2) is 5.40. The van der Waals surface area contributed by atoms with Gasteiger partial charge in [-0.3, -0.25) is 0 Å². The molecule has 0 aliphatic heterocycles. The minimum absolute atomic E-state index is 0.170. The fraction of sp³-hybridized carbons (Fsp3) is 0.353. The van der Waals surface area contributed by atoms with Crippen LogP contribution in [-0.2, 0) is 12.8 Å². The molecule has 5 heteroatoms. The molecule has 0 spiro atoms. The van der Waals surface area contributed by atoms with Crippen LogP contribution in [0.1, 0.15) is 42.5 Å². The van der Waals surface area contributed by atoms with Crippen molar-refractivity contribution in [1.29, 1.82) is 0 Å². The summed E-state index contributed by atoms with van der Waals surface area (Å²) in [4.78, 5) is 7.28. The molecule has 0 fully saturated rings. The van der Waals surface area contributed by atoms with Gasteiger partial charge in [-0.25, -0.2) is 9.67 Å². The summed E-state index contributed by atoms with van der Waals surface area (Å²) >= 11 is 0. The molecular formula is C17H19N5. The highest BCUT2D eigenvalue weighted by Gasteiger charge is 2.15. The molecule has 1 aromatic carbocycles. The van der Waals surface area contributed by atoms with Crippen molar-refractivity contribution in [1.82, 2.24) is 25.0 Å². The van der Waals surface area contributed by atoms with E-state index in [0.29, 0.717) is 0 Å². The number of nitrogens with zero attached hydrogens (tertiary/aromatic N) is 4. The Hall–Kier alpha value is -2.43. The Labute approximate surface area is 129 Å². The summed E-state index contributed by atoms with van der Waals surface area (Å²) in [5.74, 6) is 0.754. The summed E-state index contributed by atoms with van der Waals surface area (Å²) < 4.78 is 1.91. The first kappa shape index (κ1) is 13.2. The van der Waals surface area contributed by atoms with E-state index >= 15 is 0 Å². The van der Waals surface area contributed by atoms with Crippen molar-refractivity contribution in [3.63, 3.8) is 0 Å². The van der Waals surface area contributed by atoms with Gasteiger partial charge in [-0.15, -0.1) is 5.10 Å². The maximum absolute atomic E-state index is 4.27. The number of hydrogen-bond donors (Lipinski definition) is 1. The van der Waals surface area contributed by atoms with Crippen LogP contribution >= 0.6 is 0 Å². The fourth-order valence-electron chi connectivity index (χ4n) is 3.15. The SMILES string of the molecule is C[C@H](c1ccc2c(c1)CCCC2)n1cc(-c2ncc[nH]2)nn1. The van der Waals surface area contributed by atoms with Gasteiger partial charge in [-0.1, -0.05) is 23.4 Å². The Morgan fingerprint density at radius 3 is 2.86 bits per heavy atom. The molecule has 0 radical (unpaired) electrons. The van der Waals surface area contributed by atoms with Crippen LogP contribution in [0.4, 0.5) is 0 Å². The highest BCUT2D eigenvalue weighted by Crippen LogP contribution is 2.26. The molecule has 22 heavy (non-hydrogen) atoms. The number of nitrogens with one attached hydrogen (secondary N) is 1. The van der Waals surface area contributed by atoms with Crippen molar-refractivity contribution in [2.75, 3.05) is 0 Å². The van der Waals surface area contributed by atoms with Crippen LogP contribution in [-0.4, -0.2) is 25.0 Å². The molecule has 0 amide bonds. The van der Waals surface area contributed by atoms with E-state index < -0.39 is 0 Å². The molecule has 0 unspecified atom stereocenters. The van der Waals surface area contributed by atoms with E-state index in [1.807, 2.05) is 10.9 Å². The lowest BCUT2D eigenvalue weighted by molar-refractivity contribution is 0.541. The summed E-state index contributed by atoms with van der Waals surface area (Å²) in [6.07, 6.45) is 10.5. The van der Waals surface area contributed by atoms with Gasteiger partial charge in [0.1, 0.15) is 5.69 Å². The maximum Gasteiger partial charge on any atom is 0.159 e. The molecule has 112 valence electrons. The second-order valence-corrected chi connectivity index (χ2v) is 5.93. The number of hydrogen-bond acceptors (Lipinski definition) is 3. The van der Waals surface area contributed by atoms with Gasteiger partial charge in [0.05, 0.1) is 12.2 Å². The molecule has 1 atom stereocenters. The number of aryl methyl sites for hydroxylation is 2. The van der Waals surface area contributed by atoms with E-state index in [9.17, 15) is 0 Å². The number of aromatic amines is 1. The number of aromatic nitrogens is 5. The molecule has 1 aliphatic carbocycles. The van der Waals surface area contributed by atoms with Crippen LogP contribution in [0.25, 0.3) is 11.5 Å². The van der Waals surface area contributed by atoms with Crippen LogP contribution in [0, 0.1) is 0 Å². The lowest BCUT2D eigenvalue weighted by Gasteiger charge is -2.19. The van der Waals surface area contributed by atoms with Crippen molar-refractivity contribution < 1.29 is 0 Å². The third-order valence-corrected chi connectivity index (χ3v) is 4.50. The van der Waals surface area contributed by atoms with Gasteiger partial charge >= 0.3 is 0 Å². The monoisotopic (exact) mass is 293 g/mol. The molecule has 4 rings (SSSR count). The van der Waals surface area contributed by atoms with Crippen LogP contribution < -0.4 is 0 Å². The van der Waals surface area contributed by atoms with Crippen molar-refractivity contribution in [3.05, 3.63) is 53.5 Å². The van der Waals surface area contributed by atoms with Gasteiger partial charge in [0.2, 0.25) is 0 Å². The maximum atomic E-state index is 4.27. The Kier molecular flexibility index (Phi) is 3.25. The third-order valence-electron chi connectivity index (χ3n) is 4.50. The van der Waals surface area contributed by atoms with Gasteiger partial charge in [0, 0.05) is 12.4 Å². The number of fused-ring (bicyclic) bond motifs is 1. The van der Waals surface area contributed by atoms with E-state index in [2.05, 4.69) is 45.4 Å². The van der Waals surface area contributed by atoms with E-state index in [1.165, 1.54) is 42.4 Å². The Balaban J connectivity index is 1.63. The Morgan fingerprint density at radius 1 is 1.18 bits per heavy atom. The van der Waals surface area contributed by atoms with Crippen LogP contribution in [0.5, 0.6) is 0 Å². The molecule has 2 heterocycles. The largest absolute Gasteiger partial charge is 0.343 e. The molecule has 1 aliphatic rings. The van der Waals surface area contributed by atoms with E-state index in [-0.39, 0.29) is 6.04 Å². The van der Waals surface area contributed by atoms with Crippen LogP contribution in [0.3, 0.4) is 0 Å². The average Bonchev–Trinajstić information content (AvgIpc) is 3.24. The minimum atomic E-state index is 0.170. The van der Waals surface area contributed by atoms with E-state index in [4.69, 9.17) is 0 Å². The minimum Gasteiger partial charge on any atom is -0.343 e. The van der Waals surface area contributed by atoms with Crippen LogP contribution in [0.2, 0.25) is 0 Å². The smallest absolute Gasteiger partial charge is 0.159 e. The first-order chi connectivity index (χ1) is 10.8. The molecule has 5 nitrogen and oxygen atoms in total. The van der Waals surface area contributed by atoms with Crippen molar-refractivity contribution in [3.8, 4) is 11.5 Å². The van der Waals surface area contributed by atoms with Gasteiger partial charge < -0.3 is 4.98 Å². The van der Waals surface area contributed by atoms with Gasteiger partial charge in [0.25, 0.3) is 0 Å². The molecule has 1 N–H and O–H groups in total. The number of imidazole rings is 1. The topological polar surface area (TPSA) is 59.4 Å². The zero-order valence-corrected chi connectivity index (χ0v) is 12.7. The molecule has 0 saturated heterocycles. The van der Waals surface area contributed by atoms with Gasteiger partial charge in [0.15, 0.2) is 5.82 Å². The highest BCUT2D eigenvalue weighted by molar-refractivity contribution is 5.46. The average molecular weight is 293 g/mol. The van der Waals surface area contributed by atoms with E-state index in [0.717, 1.165) is 11.5 Å². The molecule has 2 aromatic heterocycles. The summed E-state index contributed by atoms with van der Waals surface area (Å²) in [6, 6.07) is 7.02. The van der Waals surface area contributed by atoms with Crippen molar-refractivity contribution >= 4 is 0 Å². The first-order valence-corrected chi connectivity index (χ1v) is 7.84. The predicted molar refractivity (Wildman–Crippen MR) is 84.5 cm³/mol. The number of rotatable bonds is 3. The Morgan fingerprint density at radius 2 is 2.05 bits per heavy atom. The first-order valence-electron chi connectivity index (χ1n) is 7.84. The molecule has 3 aromatic rings. The normalized spacial score (nSPS) is 15.5. The molecule has 0 saturated carbocycles. The van der Waals surface area contributed by atoms with Gasteiger partial charge in [-0.2, -0.15) is 0 Å². The van der Waals surface area contributed by atoms with E-state index in [1.54, 1.807) is 12.4 Å². The predicted octanol–water partition coefficient (Wildman–Crippen LogP) is 3.16. The lowest BCUT2D eigenvalue weighted by atomic mass is 9.89. The molecule has 0 bridgehead atoms. The van der Waals surface area contributed by atoms with Gasteiger partial charge in [-0.05, 0) is 49.3 Å². The Bertz CT molecular complexity index is 772. The second-order valence-electron chi connectivity index (χ2n) is 5.93. The zero-order valence-electron chi connectivity index (χ0n) is 12.7. The van der Waals surface area contributed by atoms with Crippen molar-refractivity contribution in [2.45, 2.75) is 38.6 Å². The van der Waals surface area contributed by atoms with Crippen molar-refractivity contribution in [2.24, 2.45) is 0 Å². The number of H-pyrrole nitrogens is 1. The quantitative estimate of drug-likeness (QED) is 0.807. The molecular weight excluding hydrogens is 274 g/mol. The fourth-order valence-corrected chi connectivity index (χ4v) is 3.15. The lowest BCUT2D eigenvalue weighted by Crippen LogP contribution is -2.10. The zero-order chi connectivity index (χ0) is 14.9. The summed E-state index contributed by atoms with van der Waals surface area (Å²) in [7, 11) is 0.